The maximum Gasteiger partial charge on any atom is 0.269 e. The number of halogens is 2. The number of benzene rings is 2. The number of nitrogen functional groups attached to an aromatic ring is 1. The Hall–Kier alpha value is -3.21. The maximum atomic E-state index is 13.2. The molecule has 1 aliphatic carbocycles. The van der Waals surface area contributed by atoms with E-state index in [9.17, 15) is 13.2 Å². The second kappa shape index (κ2) is 10.7. The molecule has 1 aromatic heterocycles. The van der Waals surface area contributed by atoms with Gasteiger partial charge in [0.2, 0.25) is 5.91 Å². The number of amidine groups is 1. The fourth-order valence-electron chi connectivity index (χ4n) is 5.50. The summed E-state index contributed by atoms with van der Waals surface area (Å²) in [6, 6.07) is 13.3. The van der Waals surface area contributed by atoms with Crippen LogP contribution in [0.3, 0.4) is 0 Å². The molecule has 0 radical (unpaired) electrons. The molecule has 1 amide bonds. The molecular weight excluding hydrogens is 559 g/mol. The van der Waals surface area contributed by atoms with Crippen molar-refractivity contribution >= 4 is 56.5 Å². The molecule has 3 atom stereocenters. The van der Waals surface area contributed by atoms with Crippen LogP contribution in [-0.4, -0.2) is 61.3 Å². The van der Waals surface area contributed by atoms with E-state index in [1.165, 1.54) is 6.20 Å². The number of aromatic nitrogens is 1. The van der Waals surface area contributed by atoms with Crippen molar-refractivity contribution < 1.29 is 13.2 Å². The summed E-state index contributed by atoms with van der Waals surface area (Å²) in [7, 11) is -2.24. The van der Waals surface area contributed by atoms with Crippen molar-refractivity contribution in [3.8, 4) is 0 Å². The van der Waals surface area contributed by atoms with Crippen LogP contribution in [0.1, 0.15) is 24.0 Å². The van der Waals surface area contributed by atoms with Gasteiger partial charge in [-0.3, -0.25) is 9.79 Å². The highest BCUT2D eigenvalue weighted by molar-refractivity contribution is 7.90. The number of rotatable bonds is 7. The zero-order chi connectivity index (χ0) is 27.9. The normalized spacial score (nSPS) is 20.9. The van der Waals surface area contributed by atoms with E-state index >= 15 is 0 Å². The van der Waals surface area contributed by atoms with Gasteiger partial charge < -0.3 is 21.3 Å². The summed E-state index contributed by atoms with van der Waals surface area (Å²) >= 11 is 12.1. The van der Waals surface area contributed by atoms with Crippen molar-refractivity contribution in [1.29, 1.82) is 0 Å². The first-order valence-corrected chi connectivity index (χ1v) is 14.8. The summed E-state index contributed by atoms with van der Waals surface area (Å²) in [5, 5.41) is 7.56. The molecule has 3 aromatic rings. The number of piperidine rings is 1. The van der Waals surface area contributed by atoms with E-state index in [-0.39, 0.29) is 35.2 Å². The Morgan fingerprint density at radius 2 is 1.79 bits per heavy atom. The van der Waals surface area contributed by atoms with E-state index in [1.54, 1.807) is 55.6 Å². The molecular formula is C27H30Cl2N6O3S. The number of hydrogen-bond acceptors (Lipinski definition) is 6. The standard InChI is InChI=1S/C27H30Cl2N6O3S/c1-16-3-5-21(6-4-16)39(37,38)35-8-7-22(26(35)30)27(31-2)33-23-9-17-10-24(23)34(15-17)25(36)14-32-20-12-18(28)11-19(29)13-20/h3-8,11-13,17,23-24,32H,9-10,14-15,30H2,1-2H3,(H,31,33). The minimum atomic E-state index is -3.87. The Kier molecular flexibility index (Phi) is 7.54. The number of carbonyl (C=O) groups is 1. The van der Waals surface area contributed by atoms with Crippen LogP contribution in [-0.2, 0) is 14.8 Å². The van der Waals surface area contributed by atoms with E-state index in [4.69, 9.17) is 28.9 Å². The molecule has 2 aliphatic rings. The third kappa shape index (κ3) is 5.46. The van der Waals surface area contributed by atoms with Crippen molar-refractivity contribution in [3.63, 3.8) is 0 Å². The molecule has 1 saturated heterocycles. The van der Waals surface area contributed by atoms with Gasteiger partial charge in [0.25, 0.3) is 10.0 Å². The fourth-order valence-corrected chi connectivity index (χ4v) is 7.31. The Morgan fingerprint density at radius 1 is 1.10 bits per heavy atom. The largest absolute Gasteiger partial charge is 0.384 e. The molecule has 2 bridgehead atoms. The molecule has 206 valence electrons. The van der Waals surface area contributed by atoms with Crippen LogP contribution < -0.4 is 16.4 Å². The van der Waals surface area contributed by atoms with E-state index in [0.717, 1.165) is 22.4 Å². The SMILES string of the molecule is CN=C(NC1CC2CC1N(C(=O)CNc1cc(Cl)cc(Cl)c1)C2)c1ccn(S(=O)(=O)c2ccc(C)cc2)c1N. The summed E-state index contributed by atoms with van der Waals surface area (Å²) in [6.07, 6.45) is 3.21. The lowest BCUT2D eigenvalue weighted by atomic mass is 10.0. The highest BCUT2D eigenvalue weighted by atomic mass is 35.5. The lowest BCUT2D eigenvalue weighted by Crippen LogP contribution is -2.53. The van der Waals surface area contributed by atoms with Gasteiger partial charge in [-0.15, -0.1) is 0 Å². The Morgan fingerprint density at radius 3 is 2.44 bits per heavy atom. The van der Waals surface area contributed by atoms with E-state index in [0.29, 0.717) is 39.6 Å². The molecule has 12 heteroatoms. The lowest BCUT2D eigenvalue weighted by Gasteiger charge is -2.34. The average molecular weight is 590 g/mol. The lowest BCUT2D eigenvalue weighted by molar-refractivity contribution is -0.131. The van der Waals surface area contributed by atoms with Gasteiger partial charge in [-0.25, -0.2) is 12.4 Å². The van der Waals surface area contributed by atoms with Gasteiger partial charge in [0.1, 0.15) is 11.7 Å². The molecule has 2 fully saturated rings. The van der Waals surface area contributed by atoms with E-state index in [1.807, 2.05) is 11.8 Å². The first-order valence-electron chi connectivity index (χ1n) is 12.6. The average Bonchev–Trinajstić information content (AvgIpc) is 3.60. The predicted molar refractivity (Wildman–Crippen MR) is 155 cm³/mol. The maximum absolute atomic E-state index is 13.2. The van der Waals surface area contributed by atoms with Crippen LogP contribution in [0.2, 0.25) is 10.0 Å². The zero-order valence-electron chi connectivity index (χ0n) is 21.6. The molecule has 0 spiro atoms. The van der Waals surface area contributed by atoms with Gasteiger partial charge in [-0.1, -0.05) is 40.9 Å². The first kappa shape index (κ1) is 27.4. The number of amides is 1. The predicted octanol–water partition coefficient (Wildman–Crippen LogP) is 3.99. The van der Waals surface area contributed by atoms with Crippen molar-refractivity contribution in [2.45, 2.75) is 36.7 Å². The van der Waals surface area contributed by atoms with Crippen LogP contribution in [0, 0.1) is 12.8 Å². The molecule has 1 saturated carbocycles. The van der Waals surface area contributed by atoms with Gasteiger partial charge in [0.15, 0.2) is 0 Å². The van der Waals surface area contributed by atoms with E-state index < -0.39 is 10.0 Å². The zero-order valence-corrected chi connectivity index (χ0v) is 23.9. The summed E-state index contributed by atoms with van der Waals surface area (Å²) in [5.41, 5.74) is 8.48. The first-order chi connectivity index (χ1) is 18.6. The van der Waals surface area contributed by atoms with Crippen molar-refractivity contribution in [1.82, 2.24) is 14.2 Å². The number of likely N-dealkylation sites (tertiary alicyclic amines) is 1. The molecule has 3 unspecified atom stereocenters. The number of nitrogens with one attached hydrogen (secondary N) is 2. The third-order valence-electron chi connectivity index (χ3n) is 7.38. The number of anilines is 2. The fraction of sp³-hybridized carbons (Fsp3) is 0.333. The van der Waals surface area contributed by atoms with E-state index in [2.05, 4.69) is 15.6 Å². The van der Waals surface area contributed by atoms with Crippen molar-refractivity contribution in [3.05, 3.63) is 75.9 Å². The number of aryl methyl sites for hydroxylation is 1. The summed E-state index contributed by atoms with van der Waals surface area (Å²) < 4.78 is 27.5. The summed E-state index contributed by atoms with van der Waals surface area (Å²) in [5.74, 6) is 0.917. The Bertz CT molecular complexity index is 1520. The van der Waals surface area contributed by atoms with Gasteiger partial charge in [0.05, 0.1) is 23.0 Å². The molecule has 9 nitrogen and oxygen atoms in total. The highest BCUT2D eigenvalue weighted by Gasteiger charge is 2.47. The molecule has 4 N–H and O–H groups in total. The van der Waals surface area contributed by atoms with Crippen LogP contribution in [0.25, 0.3) is 0 Å². The van der Waals surface area contributed by atoms with Crippen molar-refractivity contribution in [2.75, 3.05) is 31.2 Å². The third-order valence-corrected chi connectivity index (χ3v) is 9.52. The van der Waals surface area contributed by atoms with Gasteiger partial charge in [-0.05, 0) is 62.1 Å². The number of aliphatic imine (C=N–C) groups is 1. The number of nitrogens with zero attached hydrogens (tertiary/aromatic N) is 3. The molecule has 5 rings (SSSR count). The van der Waals surface area contributed by atoms with Crippen LogP contribution >= 0.6 is 23.2 Å². The van der Waals surface area contributed by atoms with Gasteiger partial charge >= 0.3 is 0 Å². The summed E-state index contributed by atoms with van der Waals surface area (Å²) in [6.45, 7) is 2.71. The number of fused-ring (bicyclic) bond motifs is 2. The molecule has 2 aromatic carbocycles. The van der Waals surface area contributed by atoms with Crippen LogP contribution in [0.4, 0.5) is 11.5 Å². The Balaban J connectivity index is 1.28. The van der Waals surface area contributed by atoms with Gasteiger partial charge in [-0.2, -0.15) is 0 Å². The Labute approximate surface area is 238 Å². The minimum Gasteiger partial charge on any atom is -0.384 e. The van der Waals surface area contributed by atoms with Crippen LogP contribution in [0.15, 0.2) is 64.6 Å². The number of hydrogen-bond donors (Lipinski definition) is 3. The molecule has 2 heterocycles. The molecule has 1 aliphatic heterocycles. The number of carbonyl (C=O) groups excluding carboxylic acids is 1. The quantitative estimate of drug-likeness (QED) is 0.283. The monoisotopic (exact) mass is 588 g/mol. The highest BCUT2D eigenvalue weighted by Crippen LogP contribution is 2.38. The topological polar surface area (TPSA) is 122 Å². The minimum absolute atomic E-state index is 0.0106. The second-order valence-electron chi connectivity index (χ2n) is 10.0. The van der Waals surface area contributed by atoms with Gasteiger partial charge in [0, 0.05) is 41.6 Å². The van der Waals surface area contributed by atoms with Crippen LogP contribution in [0.5, 0.6) is 0 Å². The second-order valence-corrected chi connectivity index (χ2v) is 12.7. The molecule has 39 heavy (non-hydrogen) atoms. The number of nitrogens with two attached hydrogens (primary N) is 1. The summed E-state index contributed by atoms with van der Waals surface area (Å²) in [4.78, 5) is 19.6. The smallest absolute Gasteiger partial charge is 0.269 e. The van der Waals surface area contributed by atoms with Crippen molar-refractivity contribution in [2.24, 2.45) is 10.9 Å².